The summed E-state index contributed by atoms with van der Waals surface area (Å²) in [6.07, 6.45) is 6.06. The van der Waals surface area contributed by atoms with Crippen LogP contribution >= 0.6 is 15.9 Å². The maximum Gasteiger partial charge on any atom is 0.267 e. The Balaban J connectivity index is 2.24. The highest BCUT2D eigenvalue weighted by atomic mass is 79.9. The average Bonchev–Trinajstić information content (AvgIpc) is 2.18. The molecular weight excluding hydrogens is 258 g/mol. The van der Waals surface area contributed by atoms with E-state index in [1.807, 2.05) is 0 Å². The summed E-state index contributed by atoms with van der Waals surface area (Å²) < 4.78 is 0.490. The monoisotopic (exact) mass is 271 g/mol. The van der Waals surface area contributed by atoms with Gasteiger partial charge in [0.2, 0.25) is 0 Å². The van der Waals surface area contributed by atoms with Crippen molar-refractivity contribution in [3.05, 3.63) is 21.2 Å². The molecule has 1 saturated carbocycles. The zero-order valence-corrected chi connectivity index (χ0v) is 10.2. The van der Waals surface area contributed by atoms with E-state index < -0.39 is 0 Å². The molecule has 5 heteroatoms. The van der Waals surface area contributed by atoms with Gasteiger partial charge in [0, 0.05) is 5.54 Å². The Morgan fingerprint density at radius 2 is 2.40 bits per heavy atom. The smallest absolute Gasteiger partial charge is 0.267 e. The van der Waals surface area contributed by atoms with Crippen molar-refractivity contribution in [1.82, 2.24) is 9.97 Å². The molecule has 0 unspecified atom stereocenters. The third-order valence-electron chi connectivity index (χ3n) is 3.17. The minimum atomic E-state index is -0.141. The summed E-state index contributed by atoms with van der Waals surface area (Å²) in [5.41, 5.74) is 0.0154. The van der Waals surface area contributed by atoms with Gasteiger partial charge in [0.05, 0.1) is 6.33 Å². The standard InChI is InChI=1S/C10H14BrN3O/c1-2-10(4-3-5-10)14-8-7(11)9(15)13-6-12-8/h6H,2-5H2,1H3,(H2,12,13,14,15). The molecule has 1 aromatic heterocycles. The largest absolute Gasteiger partial charge is 0.363 e. The Bertz CT molecular complexity index is 406. The summed E-state index contributed by atoms with van der Waals surface area (Å²) >= 11 is 3.25. The van der Waals surface area contributed by atoms with Gasteiger partial charge in [-0.2, -0.15) is 0 Å². The molecule has 0 aromatic carbocycles. The van der Waals surface area contributed by atoms with E-state index in [-0.39, 0.29) is 11.1 Å². The van der Waals surface area contributed by atoms with Crippen molar-refractivity contribution in [1.29, 1.82) is 0 Å². The normalized spacial score (nSPS) is 18.3. The molecule has 0 atom stereocenters. The number of aromatic nitrogens is 2. The Kier molecular flexibility index (Phi) is 2.82. The summed E-state index contributed by atoms with van der Waals surface area (Å²) in [7, 11) is 0. The van der Waals surface area contributed by atoms with Gasteiger partial charge in [0.1, 0.15) is 10.3 Å². The van der Waals surface area contributed by atoms with Crippen molar-refractivity contribution in [3.63, 3.8) is 0 Å². The van der Waals surface area contributed by atoms with E-state index in [0.717, 1.165) is 19.3 Å². The molecule has 1 aliphatic rings. The SMILES string of the molecule is CCC1(Nc2nc[nH]c(=O)c2Br)CCC1. The second-order valence-electron chi connectivity index (χ2n) is 4.01. The number of halogens is 1. The van der Waals surface area contributed by atoms with Crippen molar-refractivity contribution < 1.29 is 0 Å². The molecule has 2 rings (SSSR count). The topological polar surface area (TPSA) is 57.8 Å². The van der Waals surface area contributed by atoms with Gasteiger partial charge < -0.3 is 10.3 Å². The summed E-state index contributed by atoms with van der Waals surface area (Å²) in [6.45, 7) is 2.16. The summed E-state index contributed by atoms with van der Waals surface area (Å²) in [4.78, 5) is 18.0. The van der Waals surface area contributed by atoms with E-state index in [1.54, 1.807) is 0 Å². The van der Waals surface area contributed by atoms with Gasteiger partial charge in [-0.1, -0.05) is 6.92 Å². The second kappa shape index (κ2) is 3.96. The first-order valence-electron chi connectivity index (χ1n) is 5.18. The van der Waals surface area contributed by atoms with Gasteiger partial charge >= 0.3 is 0 Å². The maximum atomic E-state index is 11.3. The number of hydrogen-bond donors (Lipinski definition) is 2. The van der Waals surface area contributed by atoms with Crippen molar-refractivity contribution in [2.75, 3.05) is 5.32 Å². The lowest BCUT2D eigenvalue weighted by molar-refractivity contribution is 0.268. The maximum absolute atomic E-state index is 11.3. The van der Waals surface area contributed by atoms with E-state index in [4.69, 9.17) is 0 Å². The zero-order chi connectivity index (χ0) is 10.9. The van der Waals surface area contributed by atoms with Crippen molar-refractivity contribution in [2.45, 2.75) is 38.1 Å². The van der Waals surface area contributed by atoms with Crippen LogP contribution in [-0.4, -0.2) is 15.5 Å². The molecule has 1 heterocycles. The van der Waals surface area contributed by atoms with Crippen molar-refractivity contribution in [2.24, 2.45) is 0 Å². The third-order valence-corrected chi connectivity index (χ3v) is 3.90. The first-order chi connectivity index (χ1) is 7.17. The van der Waals surface area contributed by atoms with E-state index in [1.165, 1.54) is 12.7 Å². The predicted molar refractivity (Wildman–Crippen MR) is 63.1 cm³/mol. The number of nitrogens with one attached hydrogen (secondary N) is 2. The lowest BCUT2D eigenvalue weighted by atomic mass is 9.75. The first-order valence-corrected chi connectivity index (χ1v) is 5.97. The molecule has 15 heavy (non-hydrogen) atoms. The summed E-state index contributed by atoms with van der Waals surface area (Å²) in [5, 5.41) is 3.37. The average molecular weight is 272 g/mol. The molecule has 1 fully saturated rings. The highest BCUT2D eigenvalue weighted by Crippen LogP contribution is 2.38. The van der Waals surface area contributed by atoms with Crippen LogP contribution in [0.4, 0.5) is 5.82 Å². The predicted octanol–water partition coefficient (Wildman–Crippen LogP) is 2.28. The van der Waals surface area contributed by atoms with Crippen LogP contribution in [0, 0.1) is 0 Å². The molecule has 4 nitrogen and oxygen atoms in total. The quantitative estimate of drug-likeness (QED) is 0.887. The van der Waals surface area contributed by atoms with E-state index in [2.05, 4.69) is 38.1 Å². The molecule has 0 radical (unpaired) electrons. The Labute approximate surface area is 96.6 Å². The van der Waals surface area contributed by atoms with E-state index in [0.29, 0.717) is 10.3 Å². The third kappa shape index (κ3) is 1.93. The van der Waals surface area contributed by atoms with Gasteiger partial charge in [-0.3, -0.25) is 4.79 Å². The lowest BCUT2D eigenvalue weighted by Gasteiger charge is -2.42. The van der Waals surface area contributed by atoms with Crippen LogP contribution in [0.15, 0.2) is 15.6 Å². The number of hydrogen-bond acceptors (Lipinski definition) is 3. The number of rotatable bonds is 3. The fourth-order valence-electron chi connectivity index (χ4n) is 1.89. The summed E-state index contributed by atoms with van der Waals surface area (Å²) in [6, 6.07) is 0. The van der Waals surface area contributed by atoms with Gasteiger partial charge in [-0.25, -0.2) is 4.98 Å². The highest BCUT2D eigenvalue weighted by molar-refractivity contribution is 9.10. The minimum absolute atomic E-state index is 0.141. The highest BCUT2D eigenvalue weighted by Gasteiger charge is 2.35. The molecule has 1 aromatic rings. The molecule has 1 aliphatic carbocycles. The van der Waals surface area contributed by atoms with Crippen molar-refractivity contribution in [3.8, 4) is 0 Å². The van der Waals surface area contributed by atoms with E-state index >= 15 is 0 Å². The Morgan fingerprint density at radius 3 is 2.93 bits per heavy atom. The van der Waals surface area contributed by atoms with Gasteiger partial charge in [0.15, 0.2) is 0 Å². The molecule has 0 spiro atoms. The van der Waals surface area contributed by atoms with Gasteiger partial charge in [-0.15, -0.1) is 0 Å². The fraction of sp³-hybridized carbons (Fsp3) is 0.600. The Morgan fingerprint density at radius 1 is 1.67 bits per heavy atom. The number of H-pyrrole nitrogens is 1. The van der Waals surface area contributed by atoms with Gasteiger partial charge in [0.25, 0.3) is 5.56 Å². The zero-order valence-electron chi connectivity index (χ0n) is 8.64. The first kappa shape index (κ1) is 10.7. The van der Waals surface area contributed by atoms with Crippen LogP contribution in [0.5, 0.6) is 0 Å². The van der Waals surface area contributed by atoms with Crippen LogP contribution < -0.4 is 10.9 Å². The van der Waals surface area contributed by atoms with Crippen LogP contribution in [0.25, 0.3) is 0 Å². The Hall–Kier alpha value is -0.840. The number of anilines is 1. The molecule has 0 saturated heterocycles. The minimum Gasteiger partial charge on any atom is -0.363 e. The van der Waals surface area contributed by atoms with E-state index in [9.17, 15) is 4.79 Å². The van der Waals surface area contributed by atoms with Crippen LogP contribution in [0.3, 0.4) is 0 Å². The van der Waals surface area contributed by atoms with Crippen LogP contribution in [0.1, 0.15) is 32.6 Å². The molecule has 0 amide bonds. The summed E-state index contributed by atoms with van der Waals surface area (Å²) in [5.74, 6) is 0.653. The lowest BCUT2D eigenvalue weighted by Crippen LogP contribution is -2.44. The van der Waals surface area contributed by atoms with Crippen LogP contribution in [-0.2, 0) is 0 Å². The molecule has 2 N–H and O–H groups in total. The molecule has 0 bridgehead atoms. The van der Waals surface area contributed by atoms with Crippen LogP contribution in [0.2, 0.25) is 0 Å². The van der Waals surface area contributed by atoms with Crippen molar-refractivity contribution >= 4 is 21.7 Å². The number of nitrogens with zero attached hydrogens (tertiary/aromatic N) is 1. The van der Waals surface area contributed by atoms with Gasteiger partial charge in [-0.05, 0) is 41.6 Å². The number of aromatic amines is 1. The second-order valence-corrected chi connectivity index (χ2v) is 4.80. The molecular formula is C10H14BrN3O. The fourth-order valence-corrected chi connectivity index (χ4v) is 2.21. The molecule has 82 valence electrons. The molecule has 0 aliphatic heterocycles.